The van der Waals surface area contributed by atoms with E-state index in [4.69, 9.17) is 4.74 Å². The molecule has 0 unspecified atom stereocenters. The van der Waals surface area contributed by atoms with E-state index >= 15 is 0 Å². The van der Waals surface area contributed by atoms with Crippen LogP contribution >= 0.6 is 31.9 Å². The molecule has 3 fully saturated rings. The topological polar surface area (TPSA) is 80.8 Å². The van der Waals surface area contributed by atoms with E-state index < -0.39 is 18.6 Å². The molecule has 2 amide bonds. The first kappa shape index (κ1) is 21.7. The summed E-state index contributed by atoms with van der Waals surface area (Å²) in [4.78, 5) is 52.5. The van der Waals surface area contributed by atoms with Crippen LogP contribution in [0.4, 0.5) is 0 Å². The third-order valence-corrected chi connectivity index (χ3v) is 10.00. The summed E-state index contributed by atoms with van der Waals surface area (Å²) in [5.74, 6) is -2.25. The number of nitrogens with zero attached hydrogens (tertiary/aromatic N) is 1. The SMILES string of the molecule is Cc1ccc(C)c(C(=O)COC(=O)[C@H](C)N2C(=O)[C@H]3[C@@H]4C[C@H]([C@@H](Br)[C@H]4Br)[C@@H]3C2=O)c1. The Morgan fingerprint density at radius 2 is 1.67 bits per heavy atom. The van der Waals surface area contributed by atoms with Gasteiger partial charge in [-0.1, -0.05) is 49.6 Å². The number of likely N-dealkylation sites (tertiary alicyclic amines) is 1. The highest BCUT2D eigenvalue weighted by Crippen LogP contribution is 2.60. The zero-order valence-corrected chi connectivity index (χ0v) is 20.1. The molecule has 3 aliphatic rings. The summed E-state index contributed by atoms with van der Waals surface area (Å²) in [6.45, 7) is 4.77. The van der Waals surface area contributed by atoms with Gasteiger partial charge in [-0.05, 0) is 50.7 Å². The van der Waals surface area contributed by atoms with Crippen LogP contribution < -0.4 is 0 Å². The lowest BCUT2D eigenvalue weighted by atomic mass is 9.81. The monoisotopic (exact) mass is 539 g/mol. The molecule has 6 nitrogen and oxygen atoms in total. The Hall–Kier alpha value is -1.54. The highest BCUT2D eigenvalue weighted by Gasteiger charge is 2.67. The molecule has 0 aromatic heterocycles. The van der Waals surface area contributed by atoms with Crippen molar-refractivity contribution in [2.45, 2.75) is 42.9 Å². The molecule has 1 saturated heterocycles. The quantitative estimate of drug-likeness (QED) is 0.248. The summed E-state index contributed by atoms with van der Waals surface area (Å²) in [7, 11) is 0. The van der Waals surface area contributed by atoms with Crippen LogP contribution in [-0.2, 0) is 19.1 Å². The average molecular weight is 541 g/mol. The van der Waals surface area contributed by atoms with E-state index in [1.165, 1.54) is 6.92 Å². The number of aryl methyl sites for hydroxylation is 2. The lowest BCUT2D eigenvalue weighted by Gasteiger charge is -2.28. The van der Waals surface area contributed by atoms with Gasteiger partial charge in [-0.15, -0.1) is 0 Å². The number of esters is 1. The van der Waals surface area contributed by atoms with Gasteiger partial charge in [-0.25, -0.2) is 4.79 Å². The Kier molecular flexibility index (Phi) is 5.68. The van der Waals surface area contributed by atoms with Gasteiger partial charge in [0.15, 0.2) is 6.61 Å². The van der Waals surface area contributed by atoms with Gasteiger partial charge in [-0.2, -0.15) is 0 Å². The number of imide groups is 1. The highest BCUT2D eigenvalue weighted by atomic mass is 79.9. The maximum atomic E-state index is 13.0. The Labute approximate surface area is 192 Å². The number of benzene rings is 1. The summed E-state index contributed by atoms with van der Waals surface area (Å²) >= 11 is 7.29. The second-order valence-electron chi connectivity index (χ2n) is 8.58. The Bertz CT molecular complexity index is 915. The predicted octanol–water partition coefficient (Wildman–Crippen LogP) is 3.20. The molecular formula is C22H23Br2NO5. The number of amides is 2. The number of carbonyl (C=O) groups excluding carboxylic acids is 4. The highest BCUT2D eigenvalue weighted by molar-refractivity contribution is 9.12. The van der Waals surface area contributed by atoms with E-state index in [1.807, 2.05) is 26.0 Å². The summed E-state index contributed by atoms with van der Waals surface area (Å²) in [6, 6.07) is 4.45. The second-order valence-corrected chi connectivity index (χ2v) is 10.7. The number of carbonyl (C=O) groups is 4. The lowest BCUT2D eigenvalue weighted by molar-refractivity contribution is -0.157. The van der Waals surface area contributed by atoms with Crippen LogP contribution in [0, 0.1) is 37.5 Å². The van der Waals surface area contributed by atoms with Crippen molar-refractivity contribution >= 4 is 55.4 Å². The van der Waals surface area contributed by atoms with Crippen molar-refractivity contribution in [3.63, 3.8) is 0 Å². The van der Waals surface area contributed by atoms with E-state index in [1.54, 1.807) is 6.07 Å². The van der Waals surface area contributed by atoms with Gasteiger partial charge in [0.25, 0.3) is 0 Å². The summed E-state index contributed by atoms with van der Waals surface area (Å²) in [6.07, 6.45) is 0.829. The van der Waals surface area contributed by atoms with Gasteiger partial charge in [0, 0.05) is 15.2 Å². The minimum atomic E-state index is -1.05. The molecule has 0 spiro atoms. The smallest absolute Gasteiger partial charge is 0.329 e. The van der Waals surface area contributed by atoms with Gasteiger partial charge in [-0.3, -0.25) is 19.3 Å². The molecule has 0 N–H and O–H groups in total. The number of ketones is 1. The first-order valence-electron chi connectivity index (χ1n) is 10.1. The van der Waals surface area contributed by atoms with Crippen LogP contribution in [0.1, 0.15) is 34.8 Å². The second kappa shape index (κ2) is 7.86. The van der Waals surface area contributed by atoms with Gasteiger partial charge < -0.3 is 4.74 Å². The molecule has 4 rings (SSSR count). The fraction of sp³-hybridized carbons (Fsp3) is 0.545. The first-order valence-corrected chi connectivity index (χ1v) is 11.9. The first-order chi connectivity index (χ1) is 14.1. The molecule has 2 saturated carbocycles. The number of hydrogen-bond acceptors (Lipinski definition) is 5. The largest absolute Gasteiger partial charge is 0.456 e. The number of rotatable bonds is 5. The van der Waals surface area contributed by atoms with Crippen molar-refractivity contribution in [3.8, 4) is 0 Å². The maximum absolute atomic E-state index is 13.0. The standard InChI is InChI=1S/C22H23Br2NO5/c1-9-4-5-10(2)12(6-9)15(26)8-30-22(29)11(3)25-20(27)16-13-7-14(17(16)21(25)28)19(24)18(13)23/h4-6,11,13-14,16-19H,7-8H2,1-3H3/t11-,13-,14-,16-,17-,18-,19+/m0/s1. The molecule has 2 aliphatic carbocycles. The molecule has 1 aromatic carbocycles. The minimum absolute atomic E-state index is 0.0833. The van der Waals surface area contributed by atoms with Crippen LogP contribution in [0.25, 0.3) is 0 Å². The van der Waals surface area contributed by atoms with E-state index in [-0.39, 0.29) is 50.9 Å². The summed E-state index contributed by atoms with van der Waals surface area (Å²) in [5.41, 5.74) is 2.24. The molecule has 2 bridgehead atoms. The van der Waals surface area contributed by atoms with E-state index in [0.29, 0.717) is 5.56 Å². The Morgan fingerprint density at radius 1 is 1.10 bits per heavy atom. The minimum Gasteiger partial charge on any atom is -0.456 e. The van der Waals surface area contributed by atoms with Crippen molar-refractivity contribution in [1.82, 2.24) is 4.90 Å². The Morgan fingerprint density at radius 3 is 2.23 bits per heavy atom. The molecular weight excluding hydrogens is 518 g/mol. The third-order valence-electron chi connectivity index (χ3n) is 6.79. The van der Waals surface area contributed by atoms with Crippen LogP contribution in [0.5, 0.6) is 0 Å². The van der Waals surface area contributed by atoms with Crippen molar-refractivity contribution in [2.24, 2.45) is 23.7 Å². The molecule has 8 heteroatoms. The third kappa shape index (κ3) is 3.27. The molecule has 1 heterocycles. The van der Waals surface area contributed by atoms with Crippen LogP contribution in [-0.4, -0.2) is 50.8 Å². The van der Waals surface area contributed by atoms with Gasteiger partial charge in [0.2, 0.25) is 17.6 Å². The van der Waals surface area contributed by atoms with Crippen LogP contribution in [0.15, 0.2) is 18.2 Å². The Balaban J connectivity index is 1.43. The molecule has 160 valence electrons. The fourth-order valence-corrected chi connectivity index (χ4v) is 7.10. The number of Topliss-reactive ketones (excluding diaryl/α,β-unsaturated/α-hetero) is 1. The number of ether oxygens (including phenoxy) is 1. The van der Waals surface area contributed by atoms with Crippen LogP contribution in [0.3, 0.4) is 0 Å². The van der Waals surface area contributed by atoms with E-state index in [0.717, 1.165) is 22.4 Å². The van der Waals surface area contributed by atoms with Crippen molar-refractivity contribution in [2.75, 3.05) is 6.61 Å². The zero-order chi connectivity index (χ0) is 21.9. The predicted molar refractivity (Wildman–Crippen MR) is 117 cm³/mol. The van der Waals surface area contributed by atoms with Crippen molar-refractivity contribution < 1.29 is 23.9 Å². The van der Waals surface area contributed by atoms with Gasteiger partial charge in [0.05, 0.1) is 11.8 Å². The maximum Gasteiger partial charge on any atom is 0.329 e. The molecule has 7 atom stereocenters. The van der Waals surface area contributed by atoms with Gasteiger partial charge >= 0.3 is 5.97 Å². The molecule has 30 heavy (non-hydrogen) atoms. The number of halogens is 2. The van der Waals surface area contributed by atoms with Gasteiger partial charge in [0.1, 0.15) is 6.04 Å². The molecule has 1 aromatic rings. The molecule has 0 radical (unpaired) electrons. The zero-order valence-electron chi connectivity index (χ0n) is 16.9. The number of hydrogen-bond donors (Lipinski definition) is 0. The van der Waals surface area contributed by atoms with Crippen molar-refractivity contribution in [3.05, 3.63) is 34.9 Å². The van der Waals surface area contributed by atoms with E-state index in [9.17, 15) is 19.2 Å². The summed E-state index contributed by atoms with van der Waals surface area (Å²) in [5, 5.41) is 0. The van der Waals surface area contributed by atoms with Crippen molar-refractivity contribution in [1.29, 1.82) is 0 Å². The fourth-order valence-electron chi connectivity index (χ4n) is 5.23. The number of alkyl halides is 2. The van der Waals surface area contributed by atoms with Crippen LogP contribution in [0.2, 0.25) is 0 Å². The lowest BCUT2D eigenvalue weighted by Crippen LogP contribution is -2.45. The summed E-state index contributed by atoms with van der Waals surface area (Å²) < 4.78 is 5.20. The number of fused-ring (bicyclic) bond motifs is 5. The average Bonchev–Trinajstić information content (AvgIpc) is 3.32. The normalized spacial score (nSPS) is 33.0. The molecule has 1 aliphatic heterocycles. The van der Waals surface area contributed by atoms with E-state index in [2.05, 4.69) is 31.9 Å².